The molecule has 6 heteroatoms. The van der Waals surface area contributed by atoms with Crippen LogP contribution in [0.5, 0.6) is 0 Å². The number of rotatable bonds is 1. The maximum Gasteiger partial charge on any atom is 0.328 e. The molecule has 0 bridgehead atoms. The van der Waals surface area contributed by atoms with E-state index in [1.165, 1.54) is 0 Å². The minimum Gasteiger partial charge on any atom is -0.293 e. The van der Waals surface area contributed by atoms with Crippen molar-refractivity contribution in [1.29, 1.82) is 0 Å². The SMILES string of the molecule is CC1CN(c2cc(F)cc(F)c2)C(=O)NC1=O. The maximum atomic E-state index is 13.0. The summed E-state index contributed by atoms with van der Waals surface area (Å²) < 4.78 is 26.0. The predicted molar refractivity (Wildman–Crippen MR) is 56.4 cm³/mol. The standard InChI is InChI=1S/C11H10F2N2O2/c1-6-5-15(11(17)14-10(6)16)9-3-7(12)2-8(13)4-9/h2-4,6H,5H2,1H3,(H,14,16,17). The first-order valence-electron chi connectivity index (χ1n) is 5.06. The highest BCUT2D eigenvalue weighted by molar-refractivity contribution is 6.06. The van der Waals surface area contributed by atoms with Gasteiger partial charge in [-0.05, 0) is 12.1 Å². The lowest BCUT2D eigenvalue weighted by molar-refractivity contribution is -0.123. The number of carbonyl (C=O) groups is 2. The van der Waals surface area contributed by atoms with E-state index in [0.29, 0.717) is 0 Å². The molecule has 0 aromatic heterocycles. The van der Waals surface area contributed by atoms with E-state index < -0.39 is 23.6 Å². The van der Waals surface area contributed by atoms with Gasteiger partial charge >= 0.3 is 6.03 Å². The van der Waals surface area contributed by atoms with Gasteiger partial charge in [-0.1, -0.05) is 6.92 Å². The summed E-state index contributed by atoms with van der Waals surface area (Å²) in [6.45, 7) is 1.73. The molecule has 1 unspecified atom stereocenters. The van der Waals surface area contributed by atoms with Crippen LogP contribution in [0.25, 0.3) is 0 Å². The number of halogens is 2. The molecular formula is C11H10F2N2O2. The van der Waals surface area contributed by atoms with E-state index in [1.807, 2.05) is 0 Å². The number of hydrogen-bond donors (Lipinski definition) is 1. The van der Waals surface area contributed by atoms with Gasteiger partial charge in [-0.2, -0.15) is 0 Å². The van der Waals surface area contributed by atoms with Crippen LogP contribution < -0.4 is 10.2 Å². The van der Waals surface area contributed by atoms with Crippen LogP contribution in [0.3, 0.4) is 0 Å². The number of urea groups is 1. The third-order valence-electron chi connectivity index (χ3n) is 2.54. The van der Waals surface area contributed by atoms with Crippen molar-refractivity contribution in [2.24, 2.45) is 5.92 Å². The molecule has 1 aromatic rings. The van der Waals surface area contributed by atoms with Crippen molar-refractivity contribution >= 4 is 17.6 Å². The second kappa shape index (κ2) is 4.12. The highest BCUT2D eigenvalue weighted by Gasteiger charge is 2.30. The lowest BCUT2D eigenvalue weighted by Crippen LogP contribution is -2.54. The Bertz CT molecular complexity index is 470. The number of hydrogen-bond acceptors (Lipinski definition) is 2. The largest absolute Gasteiger partial charge is 0.328 e. The molecule has 3 amide bonds. The van der Waals surface area contributed by atoms with Crippen molar-refractivity contribution in [3.8, 4) is 0 Å². The molecule has 1 aromatic carbocycles. The van der Waals surface area contributed by atoms with Gasteiger partial charge in [0.25, 0.3) is 0 Å². The van der Waals surface area contributed by atoms with Gasteiger partial charge in [0.05, 0.1) is 11.6 Å². The van der Waals surface area contributed by atoms with E-state index in [9.17, 15) is 18.4 Å². The van der Waals surface area contributed by atoms with Crippen LogP contribution in [0.2, 0.25) is 0 Å². The van der Waals surface area contributed by atoms with E-state index in [-0.39, 0.29) is 18.1 Å². The van der Waals surface area contributed by atoms with Gasteiger partial charge in [-0.3, -0.25) is 15.0 Å². The van der Waals surface area contributed by atoms with E-state index in [0.717, 1.165) is 23.1 Å². The quantitative estimate of drug-likeness (QED) is 0.811. The number of nitrogens with zero attached hydrogens (tertiary/aromatic N) is 1. The number of benzene rings is 1. The molecule has 1 aliphatic rings. The number of carbonyl (C=O) groups excluding carboxylic acids is 2. The molecule has 90 valence electrons. The lowest BCUT2D eigenvalue weighted by Gasteiger charge is -2.30. The molecule has 1 atom stereocenters. The molecule has 1 heterocycles. The van der Waals surface area contributed by atoms with Crippen molar-refractivity contribution < 1.29 is 18.4 Å². The fraction of sp³-hybridized carbons (Fsp3) is 0.273. The Hall–Kier alpha value is -1.98. The van der Waals surface area contributed by atoms with Gasteiger partial charge in [0.2, 0.25) is 5.91 Å². The van der Waals surface area contributed by atoms with Crippen LogP contribution in [0.4, 0.5) is 19.3 Å². The number of nitrogens with one attached hydrogen (secondary N) is 1. The molecule has 17 heavy (non-hydrogen) atoms. The second-order valence-electron chi connectivity index (χ2n) is 3.93. The second-order valence-corrected chi connectivity index (χ2v) is 3.93. The van der Waals surface area contributed by atoms with Crippen molar-refractivity contribution in [3.05, 3.63) is 29.8 Å². The molecular weight excluding hydrogens is 230 g/mol. The number of imide groups is 1. The first-order chi connectivity index (χ1) is 7.97. The van der Waals surface area contributed by atoms with Crippen molar-refractivity contribution in [1.82, 2.24) is 5.32 Å². The molecule has 0 saturated carbocycles. The summed E-state index contributed by atoms with van der Waals surface area (Å²) >= 11 is 0. The Kier molecular flexibility index (Phi) is 2.79. The molecule has 1 N–H and O–H groups in total. The molecule has 1 aliphatic heterocycles. The number of amides is 3. The lowest BCUT2D eigenvalue weighted by atomic mass is 10.1. The molecule has 2 rings (SSSR count). The molecule has 0 radical (unpaired) electrons. The van der Waals surface area contributed by atoms with Gasteiger partial charge in [0, 0.05) is 12.6 Å². The Labute approximate surface area is 96.2 Å². The molecule has 1 saturated heterocycles. The Morgan fingerprint density at radius 3 is 2.41 bits per heavy atom. The fourth-order valence-corrected chi connectivity index (χ4v) is 1.65. The Morgan fingerprint density at radius 2 is 1.82 bits per heavy atom. The summed E-state index contributed by atoms with van der Waals surface area (Å²) in [5.74, 6) is -2.34. The average Bonchev–Trinajstić information content (AvgIpc) is 2.22. The summed E-state index contributed by atoms with van der Waals surface area (Å²) in [6, 6.07) is 2.15. The van der Waals surface area contributed by atoms with E-state index >= 15 is 0 Å². The minimum absolute atomic E-state index is 0.0966. The molecule has 0 aliphatic carbocycles. The molecule has 4 nitrogen and oxygen atoms in total. The highest BCUT2D eigenvalue weighted by Crippen LogP contribution is 2.21. The summed E-state index contributed by atoms with van der Waals surface area (Å²) in [5, 5.41) is 2.12. The zero-order valence-electron chi connectivity index (χ0n) is 9.04. The third-order valence-corrected chi connectivity index (χ3v) is 2.54. The summed E-state index contributed by atoms with van der Waals surface area (Å²) in [6.07, 6.45) is 0. The van der Waals surface area contributed by atoms with Crippen LogP contribution in [-0.4, -0.2) is 18.5 Å². The third kappa shape index (κ3) is 2.25. The summed E-state index contributed by atoms with van der Waals surface area (Å²) in [4.78, 5) is 23.9. The topological polar surface area (TPSA) is 49.4 Å². The van der Waals surface area contributed by atoms with Crippen molar-refractivity contribution in [2.75, 3.05) is 11.4 Å². The first-order valence-corrected chi connectivity index (χ1v) is 5.06. The van der Waals surface area contributed by atoms with Crippen molar-refractivity contribution in [3.63, 3.8) is 0 Å². The Balaban J connectivity index is 2.33. The highest BCUT2D eigenvalue weighted by atomic mass is 19.1. The van der Waals surface area contributed by atoms with Gasteiger partial charge in [-0.15, -0.1) is 0 Å². The molecule has 0 spiro atoms. The van der Waals surface area contributed by atoms with Crippen LogP contribution >= 0.6 is 0 Å². The monoisotopic (exact) mass is 240 g/mol. The first kappa shape index (κ1) is 11.5. The maximum absolute atomic E-state index is 13.0. The average molecular weight is 240 g/mol. The zero-order chi connectivity index (χ0) is 12.6. The van der Waals surface area contributed by atoms with E-state index in [2.05, 4.69) is 5.32 Å². The minimum atomic E-state index is -0.766. The van der Waals surface area contributed by atoms with Gasteiger partial charge < -0.3 is 0 Å². The van der Waals surface area contributed by atoms with E-state index in [4.69, 9.17) is 0 Å². The fourth-order valence-electron chi connectivity index (χ4n) is 1.65. The predicted octanol–water partition coefficient (Wildman–Crippen LogP) is 1.66. The smallest absolute Gasteiger partial charge is 0.293 e. The number of anilines is 1. The van der Waals surface area contributed by atoms with Crippen molar-refractivity contribution in [2.45, 2.75) is 6.92 Å². The van der Waals surface area contributed by atoms with Crippen LogP contribution in [0.15, 0.2) is 18.2 Å². The van der Waals surface area contributed by atoms with Crippen LogP contribution in [0.1, 0.15) is 6.92 Å². The zero-order valence-corrected chi connectivity index (χ0v) is 9.04. The van der Waals surface area contributed by atoms with E-state index in [1.54, 1.807) is 6.92 Å². The van der Waals surface area contributed by atoms with Gasteiger partial charge in [0.15, 0.2) is 0 Å². The summed E-state index contributed by atoms with van der Waals surface area (Å²) in [5.41, 5.74) is 0.0966. The van der Waals surface area contributed by atoms with Crippen LogP contribution in [-0.2, 0) is 4.79 Å². The molecule has 1 fully saturated rings. The normalized spacial score (nSPS) is 20.4. The Morgan fingerprint density at radius 1 is 1.24 bits per heavy atom. The van der Waals surface area contributed by atoms with Gasteiger partial charge in [-0.25, -0.2) is 13.6 Å². The van der Waals surface area contributed by atoms with Gasteiger partial charge in [0.1, 0.15) is 11.6 Å². The summed E-state index contributed by atoms with van der Waals surface area (Å²) in [7, 11) is 0. The van der Waals surface area contributed by atoms with Crippen LogP contribution in [0, 0.1) is 17.6 Å².